The van der Waals surface area contributed by atoms with Crippen molar-refractivity contribution < 1.29 is 9.53 Å². The maximum absolute atomic E-state index is 11.7. The van der Waals surface area contributed by atoms with Gasteiger partial charge in [0.1, 0.15) is 5.60 Å². The van der Waals surface area contributed by atoms with Crippen LogP contribution in [0.3, 0.4) is 0 Å². The van der Waals surface area contributed by atoms with Gasteiger partial charge in [0.15, 0.2) is 0 Å². The summed E-state index contributed by atoms with van der Waals surface area (Å²) >= 11 is 6.87. The highest BCUT2D eigenvalue weighted by atomic mass is 35.5. The normalized spacial score (nSPS) is 46.6. The smallest absolute Gasteiger partial charge is 0.330 e. The van der Waals surface area contributed by atoms with Crippen LogP contribution in [0.5, 0.6) is 0 Å². The second-order valence-electron chi connectivity index (χ2n) is 6.36. The molecule has 4 aliphatic carbocycles. The summed E-state index contributed by atoms with van der Waals surface area (Å²) in [6, 6.07) is 2.20. The van der Waals surface area contributed by atoms with Gasteiger partial charge < -0.3 is 4.74 Å². The Morgan fingerprint density at radius 3 is 2.53 bits per heavy atom. The van der Waals surface area contributed by atoms with Crippen LogP contribution in [0.2, 0.25) is 0 Å². The highest BCUT2D eigenvalue weighted by Crippen LogP contribution is 2.65. The molecule has 0 amide bonds. The van der Waals surface area contributed by atoms with Crippen LogP contribution >= 0.6 is 11.6 Å². The maximum Gasteiger partial charge on any atom is 0.330 e. The monoisotopic (exact) mass is 279 g/mol. The summed E-state index contributed by atoms with van der Waals surface area (Å²) in [4.78, 5) is 11.2. The Morgan fingerprint density at radius 1 is 1.42 bits per heavy atom. The zero-order valence-electron chi connectivity index (χ0n) is 10.9. The molecule has 0 saturated heterocycles. The highest BCUT2D eigenvalue weighted by Gasteiger charge is 2.67. The molecule has 0 heterocycles. The summed E-state index contributed by atoms with van der Waals surface area (Å²) in [5.74, 6) is 1.07. The van der Waals surface area contributed by atoms with Gasteiger partial charge in [0.2, 0.25) is 0 Å². The van der Waals surface area contributed by atoms with Gasteiger partial charge in [-0.25, -0.2) is 4.79 Å². The molecule has 102 valence electrons. The van der Waals surface area contributed by atoms with Crippen LogP contribution in [0.15, 0.2) is 12.7 Å². The van der Waals surface area contributed by atoms with Crippen molar-refractivity contribution in [1.29, 1.82) is 5.26 Å². The van der Waals surface area contributed by atoms with Crippen molar-refractivity contribution >= 4 is 17.6 Å². The number of esters is 1. The van der Waals surface area contributed by atoms with Crippen molar-refractivity contribution in [3.8, 4) is 6.07 Å². The predicted molar refractivity (Wildman–Crippen MR) is 71.4 cm³/mol. The van der Waals surface area contributed by atoms with Crippen molar-refractivity contribution in [3.05, 3.63) is 12.7 Å². The van der Waals surface area contributed by atoms with E-state index in [1.165, 1.54) is 12.5 Å². The third-order valence-electron chi connectivity index (χ3n) is 5.34. The van der Waals surface area contributed by atoms with E-state index >= 15 is 0 Å². The van der Waals surface area contributed by atoms with Crippen molar-refractivity contribution in [3.63, 3.8) is 0 Å². The molecule has 4 fully saturated rings. The number of ether oxygens (including phenoxy) is 1. The molecule has 0 aliphatic heterocycles. The minimum Gasteiger partial charge on any atom is -0.453 e. The van der Waals surface area contributed by atoms with Crippen LogP contribution in [-0.2, 0) is 9.53 Å². The van der Waals surface area contributed by atoms with Crippen LogP contribution in [0.4, 0.5) is 0 Å². The zero-order chi connectivity index (χ0) is 13.7. The number of nitriles is 1. The molecule has 4 heteroatoms. The van der Waals surface area contributed by atoms with Crippen LogP contribution in [-0.4, -0.2) is 16.4 Å². The summed E-state index contributed by atoms with van der Waals surface area (Å²) < 4.78 is 5.70. The largest absolute Gasteiger partial charge is 0.453 e. The number of carbonyl (C=O) groups excluding carboxylic acids is 1. The molecular formula is C15H18ClNO2. The molecule has 0 aromatic carbocycles. The molecule has 3 atom stereocenters. The van der Waals surface area contributed by atoms with E-state index in [-0.39, 0.29) is 12.3 Å². The number of nitrogens with zero attached hydrogens (tertiary/aromatic N) is 1. The lowest BCUT2D eigenvalue weighted by Gasteiger charge is -2.63. The van der Waals surface area contributed by atoms with Gasteiger partial charge >= 0.3 is 5.97 Å². The second kappa shape index (κ2) is 4.24. The lowest BCUT2D eigenvalue weighted by molar-refractivity contribution is -0.195. The number of hydrogen-bond donors (Lipinski definition) is 0. The number of carbonyl (C=O) groups is 1. The summed E-state index contributed by atoms with van der Waals surface area (Å²) in [6.45, 7) is 3.46. The third-order valence-corrected chi connectivity index (χ3v) is 5.96. The minimum atomic E-state index is -0.804. The van der Waals surface area contributed by atoms with Gasteiger partial charge in [-0.05, 0) is 43.9 Å². The summed E-state index contributed by atoms with van der Waals surface area (Å²) in [5, 5.41) is 9.19. The molecule has 3 nitrogen and oxygen atoms in total. The lowest BCUT2D eigenvalue weighted by Crippen LogP contribution is -2.67. The molecule has 4 aliphatic rings. The summed E-state index contributed by atoms with van der Waals surface area (Å²) in [6.07, 6.45) is 6.43. The molecule has 0 aromatic heterocycles. The van der Waals surface area contributed by atoms with Gasteiger partial charge in [0, 0.05) is 12.0 Å². The third kappa shape index (κ3) is 1.73. The van der Waals surface area contributed by atoms with Crippen LogP contribution in [0.25, 0.3) is 0 Å². The van der Waals surface area contributed by atoms with E-state index in [2.05, 4.69) is 12.6 Å². The van der Waals surface area contributed by atoms with E-state index in [4.69, 9.17) is 16.3 Å². The van der Waals surface area contributed by atoms with Gasteiger partial charge in [-0.15, -0.1) is 11.6 Å². The Bertz CT molecular complexity index is 455. The maximum atomic E-state index is 11.7. The Morgan fingerprint density at radius 2 is 2.05 bits per heavy atom. The van der Waals surface area contributed by atoms with Crippen LogP contribution in [0.1, 0.15) is 38.5 Å². The summed E-state index contributed by atoms with van der Waals surface area (Å²) in [7, 11) is 0. The van der Waals surface area contributed by atoms with Gasteiger partial charge in [-0.3, -0.25) is 0 Å². The number of alkyl halides is 1. The standard InChI is InChI=1S/C15H18ClNO2/c1-2-13(18)19-15(3-4-17)12-6-10-5-11(7-12)9-14(15,16)8-10/h2,10-12H,1,3,5-9H2. The molecule has 0 radical (unpaired) electrons. The van der Waals surface area contributed by atoms with E-state index in [0.717, 1.165) is 25.7 Å². The van der Waals surface area contributed by atoms with E-state index < -0.39 is 16.4 Å². The van der Waals surface area contributed by atoms with Crippen molar-refractivity contribution in [2.45, 2.75) is 49.0 Å². The van der Waals surface area contributed by atoms with Crippen LogP contribution in [0, 0.1) is 29.1 Å². The fourth-order valence-electron chi connectivity index (χ4n) is 4.84. The van der Waals surface area contributed by atoms with Crippen molar-refractivity contribution in [1.82, 2.24) is 0 Å². The van der Waals surface area contributed by atoms with Gasteiger partial charge in [0.25, 0.3) is 0 Å². The van der Waals surface area contributed by atoms with Crippen molar-refractivity contribution in [2.24, 2.45) is 17.8 Å². The minimum absolute atomic E-state index is 0.195. The van der Waals surface area contributed by atoms with Gasteiger partial charge in [-0.1, -0.05) is 6.58 Å². The van der Waals surface area contributed by atoms with Crippen LogP contribution < -0.4 is 0 Å². The van der Waals surface area contributed by atoms with E-state index in [1.807, 2.05) is 0 Å². The first-order valence-electron chi connectivity index (χ1n) is 6.94. The van der Waals surface area contributed by atoms with E-state index in [9.17, 15) is 10.1 Å². The Balaban J connectivity index is 2.00. The Hall–Kier alpha value is -1.01. The van der Waals surface area contributed by atoms with E-state index in [1.54, 1.807) is 0 Å². The van der Waals surface area contributed by atoms with E-state index in [0.29, 0.717) is 11.8 Å². The average molecular weight is 280 g/mol. The molecule has 0 N–H and O–H groups in total. The first-order chi connectivity index (χ1) is 9.03. The molecule has 19 heavy (non-hydrogen) atoms. The molecule has 4 saturated carbocycles. The Kier molecular flexibility index (Phi) is 2.90. The zero-order valence-corrected chi connectivity index (χ0v) is 11.7. The topological polar surface area (TPSA) is 50.1 Å². The van der Waals surface area contributed by atoms with Gasteiger partial charge in [-0.2, -0.15) is 5.26 Å². The first-order valence-corrected chi connectivity index (χ1v) is 7.32. The number of rotatable bonds is 3. The quantitative estimate of drug-likeness (QED) is 0.453. The number of halogens is 1. The number of hydrogen-bond acceptors (Lipinski definition) is 3. The molecule has 4 rings (SSSR count). The fourth-order valence-corrected chi connectivity index (χ4v) is 5.54. The Labute approximate surface area is 118 Å². The first kappa shape index (κ1) is 13.0. The molecule has 4 bridgehead atoms. The summed E-state index contributed by atoms with van der Waals surface area (Å²) in [5.41, 5.74) is -0.804. The average Bonchev–Trinajstić information content (AvgIpc) is 2.34. The molecule has 0 spiro atoms. The fraction of sp³-hybridized carbons (Fsp3) is 0.733. The highest BCUT2D eigenvalue weighted by molar-refractivity contribution is 6.25. The van der Waals surface area contributed by atoms with Gasteiger partial charge in [0.05, 0.1) is 17.4 Å². The lowest BCUT2D eigenvalue weighted by atomic mass is 9.48. The molecular weight excluding hydrogens is 262 g/mol. The second-order valence-corrected chi connectivity index (χ2v) is 7.08. The van der Waals surface area contributed by atoms with Crippen molar-refractivity contribution in [2.75, 3.05) is 0 Å². The predicted octanol–water partition coefficient (Wildman–Crippen LogP) is 3.19. The molecule has 0 aromatic rings. The SMILES string of the molecule is C=CC(=O)OC1(CC#N)C2CC3CC(C2)CC1(Cl)C3. The molecule has 3 unspecified atom stereocenters.